The van der Waals surface area contributed by atoms with Gasteiger partial charge in [-0.3, -0.25) is 4.79 Å². The van der Waals surface area contributed by atoms with Gasteiger partial charge in [-0.2, -0.15) is 0 Å². The standard InChI is InChI=1S/C24H30N4O/c25-24(29)19-14-17(28-15-26-22-9-3-4-11-23(22)28)12-13-21(19)27-20-10-5-7-16-6-1-2-8-18(16)20/h1-4,6,8-9,11,17,19-21,26-27H,5,7,10,12-15H2,(H2,25,29). The Bertz CT molecular complexity index is 898. The molecule has 0 bridgehead atoms. The van der Waals surface area contributed by atoms with E-state index in [1.165, 1.54) is 28.9 Å². The lowest BCUT2D eigenvalue weighted by Crippen LogP contribution is -2.52. The molecule has 5 nitrogen and oxygen atoms in total. The number of primary amides is 1. The Morgan fingerprint density at radius 3 is 2.79 bits per heavy atom. The van der Waals surface area contributed by atoms with Gasteiger partial charge < -0.3 is 21.3 Å². The molecule has 2 aliphatic carbocycles. The van der Waals surface area contributed by atoms with Gasteiger partial charge in [-0.1, -0.05) is 36.4 Å². The van der Waals surface area contributed by atoms with Gasteiger partial charge in [0.05, 0.1) is 24.0 Å². The molecule has 2 aromatic carbocycles. The molecule has 152 valence electrons. The van der Waals surface area contributed by atoms with Crippen molar-refractivity contribution in [2.45, 2.75) is 56.7 Å². The van der Waals surface area contributed by atoms with Gasteiger partial charge in [0.1, 0.15) is 0 Å². The third-order valence-electron chi connectivity index (χ3n) is 7.07. The molecule has 5 heteroatoms. The number of anilines is 2. The van der Waals surface area contributed by atoms with Gasteiger partial charge >= 0.3 is 0 Å². The van der Waals surface area contributed by atoms with Gasteiger partial charge in [-0.05, 0) is 61.8 Å². The van der Waals surface area contributed by atoms with E-state index in [0.717, 1.165) is 38.8 Å². The molecule has 1 heterocycles. The fraction of sp³-hybridized carbons (Fsp3) is 0.458. The first kappa shape index (κ1) is 18.5. The maximum absolute atomic E-state index is 12.4. The predicted molar refractivity (Wildman–Crippen MR) is 117 cm³/mol. The number of hydrogen-bond donors (Lipinski definition) is 3. The highest BCUT2D eigenvalue weighted by atomic mass is 16.1. The van der Waals surface area contributed by atoms with Crippen LogP contribution in [0.5, 0.6) is 0 Å². The van der Waals surface area contributed by atoms with Crippen LogP contribution in [0.1, 0.15) is 49.3 Å². The van der Waals surface area contributed by atoms with E-state index in [-0.39, 0.29) is 17.9 Å². The number of rotatable bonds is 4. The van der Waals surface area contributed by atoms with Crippen LogP contribution in [-0.4, -0.2) is 24.7 Å². The third kappa shape index (κ3) is 3.48. The monoisotopic (exact) mass is 390 g/mol. The fourth-order valence-corrected chi connectivity index (χ4v) is 5.59. The average Bonchev–Trinajstić information content (AvgIpc) is 3.18. The normalized spacial score (nSPS) is 28.3. The first-order chi connectivity index (χ1) is 14.2. The number of nitrogens with zero attached hydrogens (tertiary/aromatic N) is 1. The number of nitrogens with one attached hydrogen (secondary N) is 2. The van der Waals surface area contributed by atoms with Crippen molar-refractivity contribution in [2.75, 3.05) is 16.9 Å². The van der Waals surface area contributed by atoms with Gasteiger partial charge in [0.2, 0.25) is 5.91 Å². The maximum Gasteiger partial charge on any atom is 0.222 e. The van der Waals surface area contributed by atoms with Gasteiger partial charge in [-0.15, -0.1) is 0 Å². The van der Waals surface area contributed by atoms with Crippen LogP contribution in [0.25, 0.3) is 0 Å². The highest BCUT2D eigenvalue weighted by Crippen LogP contribution is 2.39. The molecule has 5 rings (SSSR count). The molecule has 3 aliphatic rings. The Morgan fingerprint density at radius 2 is 1.90 bits per heavy atom. The van der Waals surface area contributed by atoms with Gasteiger partial charge in [-0.25, -0.2) is 0 Å². The summed E-state index contributed by atoms with van der Waals surface area (Å²) in [6, 6.07) is 18.0. The molecule has 0 radical (unpaired) electrons. The summed E-state index contributed by atoms with van der Waals surface area (Å²) in [6.45, 7) is 0.809. The van der Waals surface area contributed by atoms with Crippen molar-refractivity contribution in [1.29, 1.82) is 0 Å². The van der Waals surface area contributed by atoms with Crippen molar-refractivity contribution in [3.63, 3.8) is 0 Å². The molecule has 1 fully saturated rings. The second-order valence-electron chi connectivity index (χ2n) is 8.71. The minimum absolute atomic E-state index is 0.129. The van der Waals surface area contributed by atoms with E-state index in [1.807, 2.05) is 0 Å². The molecule has 0 saturated heterocycles. The molecule has 1 aliphatic heterocycles. The lowest BCUT2D eigenvalue weighted by molar-refractivity contribution is -0.123. The van der Waals surface area contributed by atoms with Gasteiger partial charge in [0.25, 0.3) is 0 Å². The Kier molecular flexibility index (Phi) is 4.92. The summed E-state index contributed by atoms with van der Waals surface area (Å²) in [6.07, 6.45) is 6.36. The predicted octanol–water partition coefficient (Wildman–Crippen LogP) is 3.57. The number of nitrogens with two attached hydrogens (primary N) is 1. The van der Waals surface area contributed by atoms with E-state index < -0.39 is 0 Å². The summed E-state index contributed by atoms with van der Waals surface area (Å²) in [4.78, 5) is 14.8. The Morgan fingerprint density at radius 1 is 1.07 bits per heavy atom. The van der Waals surface area contributed by atoms with E-state index in [9.17, 15) is 4.79 Å². The first-order valence-corrected chi connectivity index (χ1v) is 10.9. The lowest BCUT2D eigenvalue weighted by Gasteiger charge is -2.41. The van der Waals surface area contributed by atoms with Crippen molar-refractivity contribution >= 4 is 17.3 Å². The largest absolute Gasteiger partial charge is 0.369 e. The van der Waals surface area contributed by atoms with Crippen LogP contribution >= 0.6 is 0 Å². The van der Waals surface area contributed by atoms with Crippen molar-refractivity contribution in [3.8, 4) is 0 Å². The molecular formula is C24H30N4O. The number of carbonyl (C=O) groups is 1. The van der Waals surface area contributed by atoms with Gasteiger partial charge in [0.15, 0.2) is 0 Å². The number of benzene rings is 2. The smallest absolute Gasteiger partial charge is 0.222 e. The Hall–Kier alpha value is -2.53. The molecule has 4 N–H and O–H groups in total. The third-order valence-corrected chi connectivity index (χ3v) is 7.07. The zero-order valence-electron chi connectivity index (χ0n) is 16.8. The van der Waals surface area contributed by atoms with Crippen LogP contribution in [0.15, 0.2) is 48.5 Å². The fourth-order valence-electron chi connectivity index (χ4n) is 5.59. The number of carbonyl (C=O) groups excluding carboxylic acids is 1. The van der Waals surface area contributed by atoms with Crippen LogP contribution in [0.2, 0.25) is 0 Å². The first-order valence-electron chi connectivity index (χ1n) is 10.9. The summed E-state index contributed by atoms with van der Waals surface area (Å²) in [5.74, 6) is -0.299. The molecule has 29 heavy (non-hydrogen) atoms. The van der Waals surface area contributed by atoms with E-state index in [1.54, 1.807) is 0 Å². The molecule has 4 atom stereocenters. The Labute approximate surface area is 172 Å². The van der Waals surface area contributed by atoms with Crippen LogP contribution in [-0.2, 0) is 11.2 Å². The topological polar surface area (TPSA) is 70.4 Å². The lowest BCUT2D eigenvalue weighted by atomic mass is 9.78. The zero-order valence-corrected chi connectivity index (χ0v) is 16.8. The average molecular weight is 391 g/mol. The van der Waals surface area contributed by atoms with E-state index >= 15 is 0 Å². The molecule has 1 amide bonds. The Balaban J connectivity index is 1.32. The second kappa shape index (κ2) is 7.71. The zero-order chi connectivity index (χ0) is 19.8. The van der Waals surface area contributed by atoms with Crippen LogP contribution in [0, 0.1) is 5.92 Å². The summed E-state index contributed by atoms with van der Waals surface area (Å²) >= 11 is 0. The van der Waals surface area contributed by atoms with Crippen LogP contribution < -0.4 is 21.3 Å². The van der Waals surface area contributed by atoms with Crippen molar-refractivity contribution < 1.29 is 4.79 Å². The summed E-state index contributed by atoms with van der Waals surface area (Å²) in [5, 5.41) is 7.31. The number of amides is 1. The minimum Gasteiger partial charge on any atom is -0.369 e. The van der Waals surface area contributed by atoms with Gasteiger partial charge in [0, 0.05) is 18.1 Å². The van der Waals surface area contributed by atoms with E-state index in [0.29, 0.717) is 12.1 Å². The number of para-hydroxylation sites is 2. The molecule has 2 aromatic rings. The van der Waals surface area contributed by atoms with E-state index in [4.69, 9.17) is 5.73 Å². The summed E-state index contributed by atoms with van der Waals surface area (Å²) in [7, 11) is 0. The number of fused-ring (bicyclic) bond motifs is 2. The summed E-state index contributed by atoms with van der Waals surface area (Å²) < 4.78 is 0. The molecule has 0 spiro atoms. The van der Waals surface area contributed by atoms with Crippen molar-refractivity contribution in [1.82, 2.24) is 5.32 Å². The molecule has 1 saturated carbocycles. The molecular weight excluding hydrogens is 360 g/mol. The highest BCUT2D eigenvalue weighted by molar-refractivity contribution is 5.78. The quantitative estimate of drug-likeness (QED) is 0.746. The van der Waals surface area contributed by atoms with E-state index in [2.05, 4.69) is 64.1 Å². The minimum atomic E-state index is -0.170. The molecule has 4 unspecified atom stereocenters. The second-order valence-corrected chi connectivity index (χ2v) is 8.71. The number of hydrogen-bond acceptors (Lipinski definition) is 4. The van der Waals surface area contributed by atoms with Crippen LogP contribution in [0.4, 0.5) is 11.4 Å². The van der Waals surface area contributed by atoms with Crippen LogP contribution in [0.3, 0.4) is 0 Å². The van der Waals surface area contributed by atoms with Crippen molar-refractivity contribution in [2.24, 2.45) is 11.7 Å². The number of aryl methyl sites for hydroxylation is 1. The summed E-state index contributed by atoms with van der Waals surface area (Å²) in [5.41, 5.74) is 11.2. The highest BCUT2D eigenvalue weighted by Gasteiger charge is 2.39. The van der Waals surface area contributed by atoms with Crippen molar-refractivity contribution in [3.05, 3.63) is 59.7 Å². The SMILES string of the molecule is NC(=O)C1CC(N2CNc3ccccc32)CCC1NC1CCCc2ccccc21. The maximum atomic E-state index is 12.4. The molecule has 0 aromatic heterocycles.